The molecule has 1 saturated heterocycles. The molecule has 1 aliphatic heterocycles. The summed E-state index contributed by atoms with van der Waals surface area (Å²) >= 11 is 1.71. The maximum absolute atomic E-state index is 6.53. The number of hydrogen-bond acceptors (Lipinski definition) is 5. The summed E-state index contributed by atoms with van der Waals surface area (Å²) in [7, 11) is 0. The van der Waals surface area contributed by atoms with E-state index in [4.69, 9.17) is 5.73 Å². The normalized spacial score (nSPS) is 19.4. The molecule has 3 rings (SSSR count). The standard InChI is InChI=1S/C16H22N4S/c1-16(17,14-5-3-2-4-6-14)13-19-8-10-20(11-9-19)15-18-7-12-21-15/h2-7,12H,8-11,13,17H2,1H3. The fraction of sp³-hybridized carbons (Fsp3) is 0.438. The van der Waals surface area contributed by atoms with Gasteiger partial charge in [-0.15, -0.1) is 11.3 Å². The largest absolute Gasteiger partial charge is 0.346 e. The molecule has 1 fully saturated rings. The Labute approximate surface area is 130 Å². The van der Waals surface area contributed by atoms with Gasteiger partial charge in [0.25, 0.3) is 0 Å². The highest BCUT2D eigenvalue weighted by Gasteiger charge is 2.27. The second kappa shape index (κ2) is 6.13. The first-order valence-corrected chi connectivity index (χ1v) is 8.24. The van der Waals surface area contributed by atoms with Crippen LogP contribution in [0.15, 0.2) is 41.9 Å². The molecule has 0 spiro atoms. The van der Waals surface area contributed by atoms with Crippen LogP contribution in [-0.2, 0) is 5.54 Å². The number of piperazine rings is 1. The van der Waals surface area contributed by atoms with Gasteiger partial charge in [0.2, 0.25) is 0 Å². The average molecular weight is 302 g/mol. The van der Waals surface area contributed by atoms with Gasteiger partial charge in [-0.1, -0.05) is 30.3 Å². The molecule has 2 heterocycles. The molecule has 4 nitrogen and oxygen atoms in total. The van der Waals surface area contributed by atoms with E-state index < -0.39 is 0 Å². The number of hydrogen-bond donors (Lipinski definition) is 1. The summed E-state index contributed by atoms with van der Waals surface area (Å²) in [5.41, 5.74) is 7.43. The van der Waals surface area contributed by atoms with Crippen LogP contribution in [0.25, 0.3) is 0 Å². The van der Waals surface area contributed by atoms with Gasteiger partial charge < -0.3 is 10.6 Å². The average Bonchev–Trinajstić information content (AvgIpc) is 3.03. The highest BCUT2D eigenvalue weighted by molar-refractivity contribution is 7.13. The number of anilines is 1. The molecule has 1 unspecified atom stereocenters. The molecule has 0 saturated carbocycles. The van der Waals surface area contributed by atoms with E-state index in [1.54, 1.807) is 11.3 Å². The van der Waals surface area contributed by atoms with Crippen LogP contribution in [0.3, 0.4) is 0 Å². The number of rotatable bonds is 4. The number of thiazole rings is 1. The van der Waals surface area contributed by atoms with E-state index in [2.05, 4.69) is 46.0 Å². The van der Waals surface area contributed by atoms with Gasteiger partial charge in [0.15, 0.2) is 5.13 Å². The lowest BCUT2D eigenvalue weighted by molar-refractivity contribution is 0.206. The molecule has 0 amide bonds. The smallest absolute Gasteiger partial charge is 0.185 e. The Kier molecular flexibility index (Phi) is 4.24. The van der Waals surface area contributed by atoms with Gasteiger partial charge in [0.05, 0.1) is 5.54 Å². The third-order valence-electron chi connectivity index (χ3n) is 4.05. The Morgan fingerprint density at radius 2 is 1.90 bits per heavy atom. The lowest BCUT2D eigenvalue weighted by atomic mass is 9.92. The van der Waals surface area contributed by atoms with Crippen LogP contribution < -0.4 is 10.6 Å². The number of nitrogens with two attached hydrogens (primary N) is 1. The van der Waals surface area contributed by atoms with E-state index in [-0.39, 0.29) is 5.54 Å². The van der Waals surface area contributed by atoms with E-state index in [0.29, 0.717) is 0 Å². The van der Waals surface area contributed by atoms with Crippen molar-refractivity contribution < 1.29 is 0 Å². The third-order valence-corrected chi connectivity index (χ3v) is 4.88. The van der Waals surface area contributed by atoms with E-state index in [0.717, 1.165) is 37.9 Å². The zero-order chi connectivity index (χ0) is 14.7. The first-order valence-electron chi connectivity index (χ1n) is 7.36. The van der Waals surface area contributed by atoms with Gasteiger partial charge in [0.1, 0.15) is 0 Å². The lowest BCUT2D eigenvalue weighted by Gasteiger charge is -2.39. The molecular formula is C16H22N4S. The maximum atomic E-state index is 6.53. The summed E-state index contributed by atoms with van der Waals surface area (Å²) in [5, 5.41) is 3.17. The van der Waals surface area contributed by atoms with Gasteiger partial charge in [-0.25, -0.2) is 4.98 Å². The molecule has 1 aromatic heterocycles. The molecule has 1 aromatic carbocycles. The fourth-order valence-corrected chi connectivity index (χ4v) is 3.54. The van der Waals surface area contributed by atoms with Crippen LogP contribution in [0, 0.1) is 0 Å². The van der Waals surface area contributed by atoms with Crippen molar-refractivity contribution in [1.82, 2.24) is 9.88 Å². The van der Waals surface area contributed by atoms with Crippen LogP contribution in [-0.4, -0.2) is 42.6 Å². The van der Waals surface area contributed by atoms with Gasteiger partial charge in [-0.3, -0.25) is 4.90 Å². The highest BCUT2D eigenvalue weighted by atomic mass is 32.1. The molecule has 1 atom stereocenters. The second-order valence-electron chi connectivity index (χ2n) is 5.86. The molecule has 2 N–H and O–H groups in total. The quantitative estimate of drug-likeness (QED) is 0.940. The lowest BCUT2D eigenvalue weighted by Crippen LogP contribution is -2.52. The summed E-state index contributed by atoms with van der Waals surface area (Å²) in [6.07, 6.45) is 1.87. The predicted molar refractivity (Wildman–Crippen MR) is 88.7 cm³/mol. The molecule has 112 valence electrons. The Morgan fingerprint density at radius 1 is 1.19 bits per heavy atom. The Morgan fingerprint density at radius 3 is 2.52 bits per heavy atom. The van der Waals surface area contributed by atoms with Crippen molar-refractivity contribution in [3.05, 3.63) is 47.5 Å². The Balaban J connectivity index is 1.58. The number of aromatic nitrogens is 1. The van der Waals surface area contributed by atoms with Crippen molar-refractivity contribution >= 4 is 16.5 Å². The topological polar surface area (TPSA) is 45.4 Å². The minimum Gasteiger partial charge on any atom is -0.346 e. The van der Waals surface area contributed by atoms with Crippen LogP contribution in [0.1, 0.15) is 12.5 Å². The number of nitrogens with zero attached hydrogens (tertiary/aromatic N) is 3. The molecular weight excluding hydrogens is 280 g/mol. The molecule has 0 radical (unpaired) electrons. The molecule has 21 heavy (non-hydrogen) atoms. The highest BCUT2D eigenvalue weighted by Crippen LogP contribution is 2.22. The molecule has 1 aliphatic rings. The third kappa shape index (κ3) is 3.43. The van der Waals surface area contributed by atoms with Gasteiger partial charge >= 0.3 is 0 Å². The summed E-state index contributed by atoms with van der Waals surface area (Å²) in [5.74, 6) is 0. The van der Waals surface area contributed by atoms with Crippen molar-refractivity contribution in [2.75, 3.05) is 37.6 Å². The Bertz CT molecular complexity index is 545. The van der Waals surface area contributed by atoms with Crippen LogP contribution in [0.4, 0.5) is 5.13 Å². The van der Waals surface area contributed by atoms with Crippen molar-refractivity contribution in [2.45, 2.75) is 12.5 Å². The number of benzene rings is 1. The van der Waals surface area contributed by atoms with Gasteiger partial charge in [-0.2, -0.15) is 0 Å². The first kappa shape index (κ1) is 14.5. The summed E-state index contributed by atoms with van der Waals surface area (Å²) < 4.78 is 0. The zero-order valence-electron chi connectivity index (χ0n) is 12.4. The van der Waals surface area contributed by atoms with Gasteiger partial charge in [0, 0.05) is 44.3 Å². The molecule has 2 aromatic rings. The maximum Gasteiger partial charge on any atom is 0.185 e. The minimum absolute atomic E-state index is 0.301. The molecule has 5 heteroatoms. The summed E-state index contributed by atoms with van der Waals surface area (Å²) in [6.45, 7) is 7.15. The van der Waals surface area contributed by atoms with E-state index in [9.17, 15) is 0 Å². The second-order valence-corrected chi connectivity index (χ2v) is 6.73. The van der Waals surface area contributed by atoms with Crippen LogP contribution >= 0.6 is 11.3 Å². The SMILES string of the molecule is CC(N)(CN1CCN(c2nccs2)CC1)c1ccccc1. The van der Waals surface area contributed by atoms with Gasteiger partial charge in [-0.05, 0) is 12.5 Å². The Hall–Kier alpha value is -1.43. The van der Waals surface area contributed by atoms with E-state index >= 15 is 0 Å². The summed E-state index contributed by atoms with van der Waals surface area (Å²) in [4.78, 5) is 9.20. The fourth-order valence-electron chi connectivity index (χ4n) is 2.84. The summed E-state index contributed by atoms with van der Waals surface area (Å²) in [6, 6.07) is 10.4. The van der Waals surface area contributed by atoms with Crippen molar-refractivity contribution in [3.8, 4) is 0 Å². The van der Waals surface area contributed by atoms with Crippen LogP contribution in [0.2, 0.25) is 0 Å². The zero-order valence-corrected chi connectivity index (χ0v) is 13.2. The van der Waals surface area contributed by atoms with E-state index in [1.165, 1.54) is 5.56 Å². The molecule has 0 aliphatic carbocycles. The van der Waals surface area contributed by atoms with Crippen LogP contribution in [0.5, 0.6) is 0 Å². The van der Waals surface area contributed by atoms with Crippen molar-refractivity contribution in [2.24, 2.45) is 5.73 Å². The van der Waals surface area contributed by atoms with Crippen molar-refractivity contribution in [3.63, 3.8) is 0 Å². The molecule has 0 bridgehead atoms. The predicted octanol–water partition coefficient (Wildman–Crippen LogP) is 2.14. The van der Waals surface area contributed by atoms with Crippen molar-refractivity contribution in [1.29, 1.82) is 0 Å². The minimum atomic E-state index is -0.301. The van der Waals surface area contributed by atoms with E-state index in [1.807, 2.05) is 17.6 Å². The first-order chi connectivity index (χ1) is 10.1. The monoisotopic (exact) mass is 302 g/mol.